The van der Waals surface area contributed by atoms with E-state index >= 15 is 0 Å². The number of aromatic nitrogens is 2. The Hall–Kier alpha value is -1.39. The number of methoxy groups -OCH3 is 1. The number of nitrogens with zero attached hydrogens (tertiary/aromatic N) is 2. The van der Waals surface area contributed by atoms with Crippen molar-refractivity contribution in [2.75, 3.05) is 7.11 Å². The van der Waals surface area contributed by atoms with Gasteiger partial charge in [-0.05, 0) is 19.8 Å². The van der Waals surface area contributed by atoms with E-state index in [1.54, 1.807) is 6.92 Å². The van der Waals surface area contributed by atoms with Gasteiger partial charge in [0, 0.05) is 12.8 Å². The molecule has 0 aliphatic rings. The molecule has 0 aliphatic heterocycles. The van der Waals surface area contributed by atoms with Gasteiger partial charge < -0.3 is 9.26 Å². The molecule has 0 unspecified atom stereocenters. The molecule has 0 atom stereocenters. The van der Waals surface area contributed by atoms with E-state index in [-0.39, 0.29) is 5.97 Å². The molecular weight excluding hydrogens is 184 g/mol. The van der Waals surface area contributed by atoms with Crippen LogP contribution in [0.5, 0.6) is 0 Å². The van der Waals surface area contributed by atoms with Gasteiger partial charge in [0.1, 0.15) is 0 Å². The average Bonchev–Trinajstić information content (AvgIpc) is 2.58. The number of unbranched alkanes of at least 4 members (excludes halogenated alkanes) is 1. The quantitative estimate of drug-likeness (QED) is 0.526. The number of hydrogen-bond acceptors (Lipinski definition) is 5. The number of carbonyl (C=O) groups is 1. The van der Waals surface area contributed by atoms with Crippen LogP contribution < -0.4 is 0 Å². The van der Waals surface area contributed by atoms with E-state index in [1.807, 2.05) is 0 Å². The van der Waals surface area contributed by atoms with E-state index < -0.39 is 0 Å². The molecule has 0 fully saturated rings. The number of esters is 1. The minimum atomic E-state index is -0.174. The van der Waals surface area contributed by atoms with Crippen molar-refractivity contribution in [2.24, 2.45) is 0 Å². The third kappa shape index (κ3) is 3.55. The van der Waals surface area contributed by atoms with E-state index in [2.05, 4.69) is 14.9 Å². The van der Waals surface area contributed by atoms with Gasteiger partial charge in [0.25, 0.3) is 0 Å². The predicted molar refractivity (Wildman–Crippen MR) is 48.6 cm³/mol. The Labute approximate surface area is 82.4 Å². The molecule has 1 aromatic heterocycles. The van der Waals surface area contributed by atoms with Crippen LogP contribution in [0.4, 0.5) is 0 Å². The summed E-state index contributed by atoms with van der Waals surface area (Å²) >= 11 is 0. The number of rotatable bonds is 5. The number of aryl methyl sites for hydroxylation is 2. The maximum absolute atomic E-state index is 10.8. The average molecular weight is 198 g/mol. The predicted octanol–water partition coefficient (Wildman–Crippen LogP) is 1.26. The van der Waals surface area contributed by atoms with E-state index in [1.165, 1.54) is 7.11 Å². The first-order valence-corrected chi connectivity index (χ1v) is 4.58. The Morgan fingerprint density at radius 1 is 1.50 bits per heavy atom. The summed E-state index contributed by atoms with van der Waals surface area (Å²) in [5.41, 5.74) is 0. The normalized spacial score (nSPS) is 10.1. The standard InChI is InChI=1S/C9H14N2O3/c1-7-10-8(14-11-7)5-3-4-6-9(12)13-2/h3-6H2,1-2H3. The van der Waals surface area contributed by atoms with Crippen molar-refractivity contribution in [3.05, 3.63) is 11.7 Å². The molecule has 0 spiro atoms. The summed E-state index contributed by atoms with van der Waals surface area (Å²) < 4.78 is 9.44. The minimum Gasteiger partial charge on any atom is -0.469 e. The molecule has 0 saturated carbocycles. The molecule has 0 bridgehead atoms. The first-order valence-electron chi connectivity index (χ1n) is 4.58. The van der Waals surface area contributed by atoms with Crippen LogP contribution >= 0.6 is 0 Å². The molecule has 0 N–H and O–H groups in total. The number of hydrogen-bond donors (Lipinski definition) is 0. The SMILES string of the molecule is COC(=O)CCCCc1nc(C)no1. The molecule has 5 heteroatoms. The summed E-state index contributed by atoms with van der Waals surface area (Å²) in [6, 6.07) is 0. The van der Waals surface area contributed by atoms with Crippen molar-refractivity contribution in [1.29, 1.82) is 0 Å². The summed E-state index contributed by atoms with van der Waals surface area (Å²) in [4.78, 5) is 14.8. The van der Waals surface area contributed by atoms with E-state index in [0.717, 1.165) is 19.3 Å². The fourth-order valence-corrected chi connectivity index (χ4v) is 1.09. The van der Waals surface area contributed by atoms with Crippen molar-refractivity contribution in [3.63, 3.8) is 0 Å². The van der Waals surface area contributed by atoms with Crippen molar-refractivity contribution in [1.82, 2.24) is 10.1 Å². The van der Waals surface area contributed by atoms with Gasteiger partial charge in [0.15, 0.2) is 5.82 Å². The lowest BCUT2D eigenvalue weighted by molar-refractivity contribution is -0.140. The highest BCUT2D eigenvalue weighted by atomic mass is 16.5. The molecule has 0 aliphatic carbocycles. The van der Waals surface area contributed by atoms with E-state index in [0.29, 0.717) is 18.1 Å². The highest BCUT2D eigenvalue weighted by molar-refractivity contribution is 5.68. The molecule has 5 nitrogen and oxygen atoms in total. The first kappa shape index (κ1) is 10.7. The highest BCUT2D eigenvalue weighted by Gasteiger charge is 2.03. The number of carbonyl (C=O) groups excluding carboxylic acids is 1. The van der Waals surface area contributed by atoms with Gasteiger partial charge in [0.05, 0.1) is 7.11 Å². The van der Waals surface area contributed by atoms with Crippen LogP contribution in [-0.4, -0.2) is 23.2 Å². The molecule has 1 rings (SSSR count). The summed E-state index contributed by atoms with van der Waals surface area (Å²) in [5, 5.41) is 3.67. The van der Waals surface area contributed by atoms with Crippen LogP contribution in [0.1, 0.15) is 31.0 Å². The molecule has 0 saturated heterocycles. The molecule has 1 heterocycles. The monoisotopic (exact) mass is 198 g/mol. The Bertz CT molecular complexity index is 296. The maximum Gasteiger partial charge on any atom is 0.305 e. The molecule has 1 aromatic rings. The Morgan fingerprint density at radius 2 is 2.29 bits per heavy atom. The van der Waals surface area contributed by atoms with Gasteiger partial charge in [0.2, 0.25) is 5.89 Å². The Morgan fingerprint density at radius 3 is 2.86 bits per heavy atom. The van der Waals surface area contributed by atoms with Gasteiger partial charge in [-0.15, -0.1) is 0 Å². The van der Waals surface area contributed by atoms with Crippen LogP contribution in [-0.2, 0) is 16.0 Å². The van der Waals surface area contributed by atoms with Gasteiger partial charge in [-0.2, -0.15) is 4.98 Å². The van der Waals surface area contributed by atoms with Crippen molar-refractivity contribution < 1.29 is 14.1 Å². The second-order valence-corrected chi connectivity index (χ2v) is 3.02. The smallest absolute Gasteiger partial charge is 0.305 e. The summed E-state index contributed by atoms with van der Waals surface area (Å²) in [6.07, 6.45) is 2.81. The third-order valence-electron chi connectivity index (χ3n) is 1.82. The molecular formula is C9H14N2O3. The zero-order valence-corrected chi connectivity index (χ0v) is 8.45. The summed E-state index contributed by atoms with van der Waals surface area (Å²) in [5.74, 6) is 1.10. The lowest BCUT2D eigenvalue weighted by Gasteiger charge is -1.96. The van der Waals surface area contributed by atoms with Gasteiger partial charge >= 0.3 is 5.97 Å². The van der Waals surface area contributed by atoms with E-state index in [4.69, 9.17) is 4.52 Å². The maximum atomic E-state index is 10.8. The molecule has 0 radical (unpaired) electrons. The first-order chi connectivity index (χ1) is 6.72. The summed E-state index contributed by atoms with van der Waals surface area (Å²) in [6.45, 7) is 1.78. The fraction of sp³-hybridized carbons (Fsp3) is 0.667. The molecule has 0 aromatic carbocycles. The minimum absolute atomic E-state index is 0.174. The summed E-state index contributed by atoms with van der Waals surface area (Å²) in [7, 11) is 1.39. The van der Waals surface area contributed by atoms with Crippen molar-refractivity contribution in [2.45, 2.75) is 32.6 Å². The molecule has 0 amide bonds. The molecule has 14 heavy (non-hydrogen) atoms. The van der Waals surface area contributed by atoms with Crippen LogP contribution in [0.2, 0.25) is 0 Å². The third-order valence-corrected chi connectivity index (χ3v) is 1.82. The van der Waals surface area contributed by atoms with E-state index in [9.17, 15) is 4.79 Å². The number of ether oxygens (including phenoxy) is 1. The second-order valence-electron chi connectivity index (χ2n) is 3.02. The topological polar surface area (TPSA) is 65.2 Å². The Kier molecular flexibility index (Phi) is 4.10. The lowest BCUT2D eigenvalue weighted by Crippen LogP contribution is -1.99. The van der Waals surface area contributed by atoms with Crippen LogP contribution in [0.15, 0.2) is 4.52 Å². The fourth-order valence-electron chi connectivity index (χ4n) is 1.09. The Balaban J connectivity index is 2.13. The van der Waals surface area contributed by atoms with Gasteiger partial charge in [-0.1, -0.05) is 5.16 Å². The van der Waals surface area contributed by atoms with Gasteiger partial charge in [-0.25, -0.2) is 0 Å². The second kappa shape index (κ2) is 5.36. The zero-order chi connectivity index (χ0) is 10.4. The van der Waals surface area contributed by atoms with Crippen LogP contribution in [0.25, 0.3) is 0 Å². The van der Waals surface area contributed by atoms with Gasteiger partial charge in [-0.3, -0.25) is 4.79 Å². The zero-order valence-electron chi connectivity index (χ0n) is 8.45. The largest absolute Gasteiger partial charge is 0.469 e. The lowest BCUT2D eigenvalue weighted by atomic mass is 10.2. The van der Waals surface area contributed by atoms with Crippen LogP contribution in [0, 0.1) is 6.92 Å². The van der Waals surface area contributed by atoms with Crippen LogP contribution in [0.3, 0.4) is 0 Å². The highest BCUT2D eigenvalue weighted by Crippen LogP contribution is 2.04. The van der Waals surface area contributed by atoms with Crippen molar-refractivity contribution in [3.8, 4) is 0 Å². The molecule has 78 valence electrons. The van der Waals surface area contributed by atoms with Crippen molar-refractivity contribution >= 4 is 5.97 Å².